The monoisotopic (exact) mass is 248 g/mol. The van der Waals surface area contributed by atoms with Gasteiger partial charge in [-0.25, -0.2) is 4.98 Å². The molecule has 0 radical (unpaired) electrons. The van der Waals surface area contributed by atoms with Crippen molar-refractivity contribution < 1.29 is 4.79 Å². The number of piperidine rings is 1. The van der Waals surface area contributed by atoms with E-state index in [9.17, 15) is 4.79 Å². The number of carbonyl (C=O) groups is 1. The first kappa shape index (κ1) is 12.8. The summed E-state index contributed by atoms with van der Waals surface area (Å²) in [6.07, 6.45) is 4.42. The van der Waals surface area contributed by atoms with Gasteiger partial charge in [-0.15, -0.1) is 0 Å². The molecule has 1 unspecified atom stereocenters. The molecule has 0 spiro atoms. The van der Waals surface area contributed by atoms with E-state index in [0.717, 1.165) is 19.5 Å². The van der Waals surface area contributed by atoms with Crippen molar-refractivity contribution in [2.24, 2.45) is 5.92 Å². The molecule has 1 aromatic rings. The third kappa shape index (κ3) is 3.70. The van der Waals surface area contributed by atoms with E-state index in [4.69, 9.17) is 5.73 Å². The topological polar surface area (TPSA) is 71.2 Å². The second-order valence-corrected chi connectivity index (χ2v) is 5.00. The van der Waals surface area contributed by atoms with Crippen LogP contribution in [0.5, 0.6) is 0 Å². The van der Waals surface area contributed by atoms with Gasteiger partial charge in [-0.2, -0.15) is 0 Å². The second kappa shape index (κ2) is 5.82. The Hall–Kier alpha value is -1.62. The zero-order valence-corrected chi connectivity index (χ0v) is 10.7. The Bertz CT molecular complexity index is 404. The van der Waals surface area contributed by atoms with Crippen molar-refractivity contribution in [1.82, 2.24) is 9.88 Å². The Morgan fingerprint density at radius 3 is 3.11 bits per heavy atom. The number of pyridine rings is 1. The summed E-state index contributed by atoms with van der Waals surface area (Å²) in [5, 5.41) is 2.81. The molecule has 1 aromatic heterocycles. The second-order valence-electron chi connectivity index (χ2n) is 5.00. The number of nitrogens with zero attached hydrogens (tertiary/aromatic N) is 2. The number of amides is 1. The predicted octanol–water partition coefficient (Wildman–Crippen LogP) is 1.33. The van der Waals surface area contributed by atoms with Gasteiger partial charge < -0.3 is 16.0 Å². The molecule has 5 nitrogen and oxygen atoms in total. The molecule has 1 amide bonds. The standard InChI is InChI=1S/C13H20N4O/c1-17-6-2-3-10(9-17)7-13(18)16-12-5-4-11(14)8-15-12/h4-5,8,10H,2-3,6-7,9,14H2,1H3,(H,15,16,18). The van der Waals surface area contributed by atoms with Gasteiger partial charge in [-0.05, 0) is 44.5 Å². The first-order valence-corrected chi connectivity index (χ1v) is 6.33. The zero-order valence-electron chi connectivity index (χ0n) is 10.7. The Morgan fingerprint density at radius 1 is 1.61 bits per heavy atom. The van der Waals surface area contributed by atoms with Gasteiger partial charge in [0.05, 0.1) is 11.9 Å². The number of hydrogen-bond donors (Lipinski definition) is 2. The highest BCUT2D eigenvalue weighted by molar-refractivity contribution is 5.89. The maximum Gasteiger partial charge on any atom is 0.225 e. The highest BCUT2D eigenvalue weighted by Gasteiger charge is 2.20. The average Bonchev–Trinajstić information content (AvgIpc) is 2.32. The number of rotatable bonds is 3. The van der Waals surface area contributed by atoms with E-state index in [1.165, 1.54) is 6.42 Å². The number of nitrogens with two attached hydrogens (primary N) is 1. The maximum atomic E-state index is 11.9. The van der Waals surface area contributed by atoms with Gasteiger partial charge in [0.1, 0.15) is 5.82 Å². The average molecular weight is 248 g/mol. The lowest BCUT2D eigenvalue weighted by molar-refractivity contribution is -0.117. The molecule has 1 aliphatic rings. The molecule has 1 saturated heterocycles. The Kier molecular flexibility index (Phi) is 4.15. The zero-order chi connectivity index (χ0) is 13.0. The fourth-order valence-electron chi connectivity index (χ4n) is 2.38. The summed E-state index contributed by atoms with van der Waals surface area (Å²) in [6.45, 7) is 2.14. The summed E-state index contributed by atoms with van der Waals surface area (Å²) in [4.78, 5) is 18.2. The third-order valence-corrected chi connectivity index (χ3v) is 3.25. The predicted molar refractivity (Wildman–Crippen MR) is 72.1 cm³/mol. The van der Waals surface area contributed by atoms with Crippen molar-refractivity contribution in [2.45, 2.75) is 19.3 Å². The maximum absolute atomic E-state index is 11.9. The van der Waals surface area contributed by atoms with Crippen molar-refractivity contribution >= 4 is 17.4 Å². The number of likely N-dealkylation sites (tertiary alicyclic amines) is 1. The summed E-state index contributed by atoms with van der Waals surface area (Å²) >= 11 is 0. The normalized spacial score (nSPS) is 20.6. The van der Waals surface area contributed by atoms with Crippen molar-refractivity contribution in [1.29, 1.82) is 0 Å². The minimum Gasteiger partial charge on any atom is -0.397 e. The summed E-state index contributed by atoms with van der Waals surface area (Å²) < 4.78 is 0. The van der Waals surface area contributed by atoms with E-state index in [0.29, 0.717) is 23.8 Å². The SMILES string of the molecule is CN1CCCC(CC(=O)Nc2ccc(N)cn2)C1. The van der Waals surface area contributed by atoms with Crippen LogP contribution < -0.4 is 11.1 Å². The lowest BCUT2D eigenvalue weighted by Gasteiger charge is -2.29. The first-order valence-electron chi connectivity index (χ1n) is 6.33. The highest BCUT2D eigenvalue weighted by atomic mass is 16.1. The van der Waals surface area contributed by atoms with Crippen LogP contribution in [0.25, 0.3) is 0 Å². The number of anilines is 2. The molecule has 3 N–H and O–H groups in total. The molecule has 98 valence electrons. The van der Waals surface area contributed by atoms with E-state index in [2.05, 4.69) is 22.2 Å². The highest BCUT2D eigenvalue weighted by Crippen LogP contribution is 2.19. The molecule has 2 rings (SSSR count). The van der Waals surface area contributed by atoms with Crippen molar-refractivity contribution in [2.75, 3.05) is 31.2 Å². The van der Waals surface area contributed by atoms with Crippen molar-refractivity contribution in [3.63, 3.8) is 0 Å². The number of aromatic nitrogens is 1. The molecule has 0 bridgehead atoms. The molecule has 18 heavy (non-hydrogen) atoms. The van der Waals surface area contributed by atoms with Crippen molar-refractivity contribution in [3.05, 3.63) is 18.3 Å². The summed E-state index contributed by atoms with van der Waals surface area (Å²) in [5.74, 6) is 1.06. The van der Waals surface area contributed by atoms with Gasteiger partial charge in [-0.1, -0.05) is 0 Å². The molecule has 5 heteroatoms. The van der Waals surface area contributed by atoms with Gasteiger partial charge in [0.25, 0.3) is 0 Å². The summed E-state index contributed by atoms with van der Waals surface area (Å²) in [5.41, 5.74) is 6.14. The van der Waals surface area contributed by atoms with Crippen LogP contribution in [0.15, 0.2) is 18.3 Å². The van der Waals surface area contributed by atoms with Crippen LogP contribution >= 0.6 is 0 Å². The van der Waals surface area contributed by atoms with Gasteiger partial charge in [0, 0.05) is 13.0 Å². The number of nitrogens with one attached hydrogen (secondary N) is 1. The smallest absolute Gasteiger partial charge is 0.225 e. The lowest BCUT2D eigenvalue weighted by atomic mass is 9.95. The molecule has 2 heterocycles. The summed E-state index contributed by atoms with van der Waals surface area (Å²) in [7, 11) is 2.10. The minimum atomic E-state index is 0.0348. The van der Waals surface area contributed by atoms with Crippen LogP contribution in [0.4, 0.5) is 11.5 Å². The van der Waals surface area contributed by atoms with Gasteiger partial charge in [-0.3, -0.25) is 4.79 Å². The van der Waals surface area contributed by atoms with Crippen LogP contribution in [0.1, 0.15) is 19.3 Å². The van der Waals surface area contributed by atoms with Gasteiger partial charge in [0.15, 0.2) is 0 Å². The molecule has 0 saturated carbocycles. The Labute approximate surface area is 107 Å². The molecule has 1 aliphatic heterocycles. The van der Waals surface area contributed by atoms with Gasteiger partial charge >= 0.3 is 0 Å². The van der Waals surface area contributed by atoms with Crippen LogP contribution in [0, 0.1) is 5.92 Å². The number of nitrogen functional groups attached to an aromatic ring is 1. The van der Waals surface area contributed by atoms with E-state index < -0.39 is 0 Å². The number of hydrogen-bond acceptors (Lipinski definition) is 4. The first-order chi connectivity index (χ1) is 8.63. The number of carbonyl (C=O) groups excluding carboxylic acids is 1. The van der Waals surface area contributed by atoms with E-state index >= 15 is 0 Å². The minimum absolute atomic E-state index is 0.0348. The van der Waals surface area contributed by atoms with E-state index in [1.54, 1.807) is 18.3 Å². The summed E-state index contributed by atoms with van der Waals surface area (Å²) in [6, 6.07) is 3.46. The molecule has 0 aliphatic carbocycles. The fourth-order valence-corrected chi connectivity index (χ4v) is 2.38. The molecule has 1 fully saturated rings. The lowest BCUT2D eigenvalue weighted by Crippen LogP contribution is -2.34. The van der Waals surface area contributed by atoms with Crippen LogP contribution in [-0.2, 0) is 4.79 Å². The van der Waals surface area contributed by atoms with Gasteiger partial charge in [0.2, 0.25) is 5.91 Å². The largest absolute Gasteiger partial charge is 0.397 e. The molecule has 1 atom stereocenters. The van der Waals surface area contributed by atoms with E-state index in [-0.39, 0.29) is 5.91 Å². The molecule has 0 aromatic carbocycles. The van der Waals surface area contributed by atoms with Crippen molar-refractivity contribution in [3.8, 4) is 0 Å². The fraction of sp³-hybridized carbons (Fsp3) is 0.538. The Morgan fingerprint density at radius 2 is 2.44 bits per heavy atom. The quantitative estimate of drug-likeness (QED) is 0.846. The Balaban J connectivity index is 1.83. The molecular formula is C13H20N4O. The molecular weight excluding hydrogens is 228 g/mol. The third-order valence-electron chi connectivity index (χ3n) is 3.25. The van der Waals surface area contributed by atoms with E-state index in [1.807, 2.05) is 0 Å². The van der Waals surface area contributed by atoms with Crippen LogP contribution in [0.2, 0.25) is 0 Å². The van der Waals surface area contributed by atoms with Crippen LogP contribution in [0.3, 0.4) is 0 Å². The van der Waals surface area contributed by atoms with Crippen LogP contribution in [-0.4, -0.2) is 35.9 Å².